The average Bonchev–Trinajstić information content (AvgIpc) is 2.97. The molecule has 0 saturated carbocycles. The molecular weight excluding hydrogens is 517 g/mol. The lowest BCUT2D eigenvalue weighted by Crippen LogP contribution is -2.66. The van der Waals surface area contributed by atoms with Gasteiger partial charge in [0.15, 0.2) is 0 Å². The van der Waals surface area contributed by atoms with Gasteiger partial charge in [-0.3, -0.25) is 0 Å². The fourth-order valence-corrected chi connectivity index (χ4v) is 11.2. The summed E-state index contributed by atoms with van der Waals surface area (Å²) in [7, 11) is -2.39. The third-order valence-corrected chi connectivity index (χ3v) is 14.0. The molecule has 0 aromatic heterocycles. The van der Waals surface area contributed by atoms with Crippen molar-refractivity contribution in [2.45, 2.75) is 148 Å². The van der Waals surface area contributed by atoms with E-state index in [-0.39, 0.29) is 5.04 Å². The first-order chi connectivity index (χ1) is 20.0. The molecule has 0 saturated heterocycles. The molecule has 3 heteroatoms. The SMILES string of the molecule is CCCCCCCCCC(CCO)CCCCCCCCCCO[Si](c1ccccc1)(c1ccccc1)C(C)(C)C. The highest BCUT2D eigenvalue weighted by Crippen LogP contribution is 2.36. The van der Waals surface area contributed by atoms with Crippen LogP contribution in [0.4, 0.5) is 0 Å². The lowest BCUT2D eigenvalue weighted by molar-refractivity contribution is 0.241. The van der Waals surface area contributed by atoms with Crippen LogP contribution in [0.25, 0.3) is 0 Å². The minimum atomic E-state index is -2.39. The molecule has 1 N–H and O–H groups in total. The highest BCUT2D eigenvalue weighted by molar-refractivity contribution is 6.99. The molecule has 0 aliphatic rings. The van der Waals surface area contributed by atoms with E-state index in [0.29, 0.717) is 6.61 Å². The van der Waals surface area contributed by atoms with Gasteiger partial charge in [-0.2, -0.15) is 0 Å². The van der Waals surface area contributed by atoms with Crippen LogP contribution in [-0.2, 0) is 4.43 Å². The van der Waals surface area contributed by atoms with Gasteiger partial charge >= 0.3 is 0 Å². The molecule has 0 spiro atoms. The molecule has 1 unspecified atom stereocenters. The van der Waals surface area contributed by atoms with Gasteiger partial charge in [-0.25, -0.2) is 0 Å². The third-order valence-electron chi connectivity index (χ3n) is 9.00. The number of unbranched alkanes of at least 4 members (excludes halogenated alkanes) is 13. The van der Waals surface area contributed by atoms with Gasteiger partial charge in [0, 0.05) is 13.2 Å². The minimum absolute atomic E-state index is 0.0557. The van der Waals surface area contributed by atoms with Crippen molar-refractivity contribution in [3.63, 3.8) is 0 Å². The van der Waals surface area contributed by atoms with Crippen molar-refractivity contribution in [1.82, 2.24) is 0 Å². The number of hydrogen-bond donors (Lipinski definition) is 1. The lowest BCUT2D eigenvalue weighted by atomic mass is 9.91. The van der Waals surface area contributed by atoms with Crippen molar-refractivity contribution in [2.24, 2.45) is 5.92 Å². The van der Waals surface area contributed by atoms with Gasteiger partial charge < -0.3 is 9.53 Å². The topological polar surface area (TPSA) is 29.5 Å². The van der Waals surface area contributed by atoms with E-state index in [1.54, 1.807) is 0 Å². The summed E-state index contributed by atoms with van der Waals surface area (Å²) in [6.45, 7) is 10.6. The molecule has 2 rings (SSSR count). The highest BCUT2D eigenvalue weighted by Gasteiger charge is 2.49. The molecule has 0 radical (unpaired) electrons. The summed E-state index contributed by atoms with van der Waals surface area (Å²) in [6.07, 6.45) is 23.8. The van der Waals surface area contributed by atoms with Gasteiger partial charge in [0.05, 0.1) is 0 Å². The van der Waals surface area contributed by atoms with E-state index in [9.17, 15) is 5.11 Å². The summed E-state index contributed by atoms with van der Waals surface area (Å²) in [5.41, 5.74) is 0. The zero-order valence-electron chi connectivity index (χ0n) is 27.3. The number of rotatable bonds is 24. The van der Waals surface area contributed by atoms with Gasteiger partial charge in [-0.15, -0.1) is 0 Å². The second kappa shape index (κ2) is 21.3. The quantitative estimate of drug-likeness (QED) is 0.0988. The largest absolute Gasteiger partial charge is 0.407 e. The molecule has 41 heavy (non-hydrogen) atoms. The van der Waals surface area contributed by atoms with Crippen LogP contribution in [0, 0.1) is 5.92 Å². The van der Waals surface area contributed by atoms with E-state index >= 15 is 0 Å². The second-order valence-electron chi connectivity index (χ2n) is 13.4. The first-order valence-electron chi connectivity index (χ1n) is 17.3. The van der Waals surface area contributed by atoms with Crippen molar-refractivity contribution >= 4 is 18.7 Å². The van der Waals surface area contributed by atoms with Gasteiger partial charge in [-0.1, -0.05) is 191 Å². The molecule has 2 nitrogen and oxygen atoms in total. The van der Waals surface area contributed by atoms with E-state index in [0.717, 1.165) is 25.4 Å². The van der Waals surface area contributed by atoms with Crippen LogP contribution in [0.15, 0.2) is 60.7 Å². The predicted octanol–water partition coefficient (Wildman–Crippen LogP) is 10.2. The lowest BCUT2D eigenvalue weighted by Gasteiger charge is -2.43. The second-order valence-corrected chi connectivity index (χ2v) is 17.7. The monoisotopic (exact) mass is 580 g/mol. The molecular formula is C38H64O2Si. The molecule has 1 atom stereocenters. The zero-order valence-corrected chi connectivity index (χ0v) is 28.3. The van der Waals surface area contributed by atoms with Crippen molar-refractivity contribution in [1.29, 1.82) is 0 Å². The third kappa shape index (κ3) is 13.2. The van der Waals surface area contributed by atoms with E-state index < -0.39 is 8.32 Å². The number of aliphatic hydroxyl groups excluding tert-OH is 1. The Labute approximate surface area is 255 Å². The first-order valence-corrected chi connectivity index (χ1v) is 19.2. The van der Waals surface area contributed by atoms with Gasteiger partial charge in [-0.05, 0) is 34.2 Å². The van der Waals surface area contributed by atoms with Crippen LogP contribution in [0.3, 0.4) is 0 Å². The van der Waals surface area contributed by atoms with Crippen molar-refractivity contribution in [2.75, 3.05) is 13.2 Å². The molecule has 0 bridgehead atoms. The van der Waals surface area contributed by atoms with Crippen molar-refractivity contribution in [3.8, 4) is 0 Å². The van der Waals surface area contributed by atoms with Crippen LogP contribution in [0.1, 0.15) is 143 Å². The fourth-order valence-electron chi connectivity index (χ4n) is 6.59. The van der Waals surface area contributed by atoms with Crippen molar-refractivity contribution in [3.05, 3.63) is 60.7 Å². The van der Waals surface area contributed by atoms with Crippen LogP contribution in [0.2, 0.25) is 5.04 Å². The van der Waals surface area contributed by atoms with E-state index in [4.69, 9.17) is 4.43 Å². The van der Waals surface area contributed by atoms with Gasteiger partial charge in [0.2, 0.25) is 0 Å². The van der Waals surface area contributed by atoms with Gasteiger partial charge in [0.1, 0.15) is 0 Å². The Hall–Kier alpha value is -1.42. The van der Waals surface area contributed by atoms with Crippen molar-refractivity contribution < 1.29 is 9.53 Å². The highest BCUT2D eigenvalue weighted by atomic mass is 28.4. The molecule has 0 amide bonds. The van der Waals surface area contributed by atoms with E-state index in [1.165, 1.54) is 113 Å². The zero-order chi connectivity index (χ0) is 29.7. The smallest absolute Gasteiger partial charge is 0.261 e. The van der Waals surface area contributed by atoms with Gasteiger partial charge in [0.25, 0.3) is 8.32 Å². The fraction of sp³-hybridized carbons (Fsp3) is 0.684. The summed E-state index contributed by atoms with van der Waals surface area (Å²) in [6, 6.07) is 22.0. The molecule has 0 aliphatic carbocycles. The summed E-state index contributed by atoms with van der Waals surface area (Å²) in [5.74, 6) is 0.742. The Morgan fingerprint density at radius 1 is 0.585 bits per heavy atom. The number of aliphatic hydroxyl groups is 1. The molecule has 0 fully saturated rings. The summed E-state index contributed by atoms with van der Waals surface area (Å²) in [5, 5.41) is 12.3. The van der Waals surface area contributed by atoms with Crippen LogP contribution < -0.4 is 10.4 Å². The summed E-state index contributed by atoms with van der Waals surface area (Å²) < 4.78 is 7.05. The Morgan fingerprint density at radius 2 is 1.00 bits per heavy atom. The molecule has 2 aromatic carbocycles. The van der Waals surface area contributed by atoms with Crippen LogP contribution in [-0.4, -0.2) is 26.6 Å². The molecule has 0 heterocycles. The Bertz CT molecular complexity index is 821. The Morgan fingerprint density at radius 3 is 1.41 bits per heavy atom. The summed E-state index contributed by atoms with van der Waals surface area (Å²) in [4.78, 5) is 0. The minimum Gasteiger partial charge on any atom is -0.407 e. The first kappa shape index (κ1) is 35.8. The van der Waals surface area contributed by atoms with Crippen LogP contribution >= 0.6 is 0 Å². The standard InChI is InChI=1S/C38H64O2Si/c1-5-6-7-8-11-14-19-26-35(32-33-39)27-20-15-12-9-10-13-16-25-34-40-41(38(2,3)4,36-28-21-17-22-29-36)37-30-23-18-24-31-37/h17-18,21-24,28-31,35,39H,5-16,19-20,25-27,32-34H2,1-4H3. The maximum atomic E-state index is 9.49. The molecule has 2 aromatic rings. The molecule has 0 aliphatic heterocycles. The number of hydrogen-bond acceptors (Lipinski definition) is 2. The van der Waals surface area contributed by atoms with E-state index in [2.05, 4.69) is 88.4 Å². The average molecular weight is 581 g/mol. The number of benzene rings is 2. The van der Waals surface area contributed by atoms with Crippen LogP contribution in [0.5, 0.6) is 0 Å². The van der Waals surface area contributed by atoms with E-state index in [1.807, 2.05) is 0 Å². The molecule has 232 valence electrons. The maximum absolute atomic E-state index is 9.49. The maximum Gasteiger partial charge on any atom is 0.261 e. The summed E-state index contributed by atoms with van der Waals surface area (Å²) >= 11 is 0. The predicted molar refractivity (Wildman–Crippen MR) is 183 cm³/mol. The Kier molecular flexibility index (Phi) is 18.6. The Balaban J connectivity index is 1.64. The normalized spacial score (nSPS) is 13.0.